The van der Waals surface area contributed by atoms with Crippen LogP contribution in [0.1, 0.15) is 38.4 Å². The molecule has 0 spiro atoms. The molecule has 11 heteroatoms. The standard InChI is InChI=1S/C28H37ClN6O4/c1-16-24(23(17(2)30)18(3)36)32-25(21-11-20(7-8-22(21)29)39-13-19(37)12-31-5)33-26(16)35-14-28(4,15-35)27(38)34-9-6-10-34/h7-8,11,19,31,37H,6,9-10,12-15,30H2,1-5H3/t19-/m1/s1. The first-order valence-corrected chi connectivity index (χ1v) is 13.5. The quantitative estimate of drug-likeness (QED) is 0.377. The third-order valence-electron chi connectivity index (χ3n) is 7.20. The number of nitrogens with zero attached hydrogens (tertiary/aromatic N) is 4. The van der Waals surface area contributed by atoms with E-state index in [2.05, 4.69) is 5.32 Å². The van der Waals surface area contributed by atoms with Gasteiger partial charge in [-0.25, -0.2) is 9.97 Å². The predicted octanol–water partition coefficient (Wildman–Crippen LogP) is 2.40. The smallest absolute Gasteiger partial charge is 0.232 e. The summed E-state index contributed by atoms with van der Waals surface area (Å²) < 4.78 is 5.78. The van der Waals surface area contributed by atoms with Gasteiger partial charge in [0.25, 0.3) is 0 Å². The molecule has 10 nitrogen and oxygen atoms in total. The normalized spacial score (nSPS) is 17.6. The first-order chi connectivity index (χ1) is 18.4. The number of likely N-dealkylation sites (N-methyl/N-ethyl adjacent to an activating group) is 1. The minimum Gasteiger partial charge on any atom is -0.491 e. The Hall–Kier alpha value is -3.21. The predicted molar refractivity (Wildman–Crippen MR) is 152 cm³/mol. The number of aliphatic hydroxyl groups excluding tert-OH is 1. The van der Waals surface area contributed by atoms with Gasteiger partial charge in [0.2, 0.25) is 5.91 Å². The number of hydrogen-bond donors (Lipinski definition) is 3. The highest BCUT2D eigenvalue weighted by Gasteiger charge is 2.49. The Labute approximate surface area is 234 Å². The van der Waals surface area contributed by atoms with Crippen LogP contribution in [0.2, 0.25) is 5.02 Å². The SMILES string of the molecule is CNC[C@@H](O)COc1ccc(Cl)c(-c2nc(C(C(C)=O)=C(C)N)c(C)c(N3CC(C)(C(=O)N4CCC4)C3)n2)c1. The molecule has 0 radical (unpaired) electrons. The molecule has 4 rings (SSSR count). The lowest BCUT2D eigenvalue weighted by atomic mass is 9.79. The third kappa shape index (κ3) is 5.88. The molecule has 2 aliphatic heterocycles. The van der Waals surface area contributed by atoms with Crippen molar-refractivity contribution in [1.29, 1.82) is 0 Å². The van der Waals surface area contributed by atoms with Crippen molar-refractivity contribution in [2.75, 3.05) is 51.3 Å². The number of benzene rings is 1. The minimum atomic E-state index is -0.682. The van der Waals surface area contributed by atoms with E-state index in [0.29, 0.717) is 70.1 Å². The number of halogens is 1. The molecule has 1 atom stereocenters. The van der Waals surface area contributed by atoms with Crippen molar-refractivity contribution in [3.63, 3.8) is 0 Å². The summed E-state index contributed by atoms with van der Waals surface area (Å²) in [6.45, 7) is 10.1. The molecule has 1 amide bonds. The number of nitrogens with one attached hydrogen (secondary N) is 1. The average Bonchev–Trinajstić information content (AvgIpc) is 2.81. The van der Waals surface area contributed by atoms with Crippen molar-refractivity contribution in [2.45, 2.75) is 40.2 Å². The van der Waals surface area contributed by atoms with E-state index in [-0.39, 0.29) is 18.3 Å². The van der Waals surface area contributed by atoms with E-state index >= 15 is 0 Å². The number of amides is 1. The fourth-order valence-electron chi connectivity index (χ4n) is 5.04. The Morgan fingerprint density at radius 2 is 1.95 bits per heavy atom. The van der Waals surface area contributed by atoms with Crippen LogP contribution in [-0.2, 0) is 9.59 Å². The maximum Gasteiger partial charge on any atom is 0.232 e. The maximum absolute atomic E-state index is 13.0. The monoisotopic (exact) mass is 556 g/mol. The van der Waals surface area contributed by atoms with Gasteiger partial charge < -0.3 is 30.7 Å². The summed E-state index contributed by atoms with van der Waals surface area (Å²) in [5.41, 5.74) is 7.95. The number of allylic oxidation sites excluding steroid dienone is 2. The van der Waals surface area contributed by atoms with Crippen molar-refractivity contribution in [3.8, 4) is 17.1 Å². The summed E-state index contributed by atoms with van der Waals surface area (Å²) in [5.74, 6) is 1.37. The van der Waals surface area contributed by atoms with Gasteiger partial charge in [-0.15, -0.1) is 0 Å². The van der Waals surface area contributed by atoms with Crippen LogP contribution in [0.25, 0.3) is 17.0 Å². The van der Waals surface area contributed by atoms with Gasteiger partial charge in [0.05, 0.1) is 21.7 Å². The second-order valence-electron chi connectivity index (χ2n) is 10.7. The van der Waals surface area contributed by atoms with Gasteiger partial charge in [0.15, 0.2) is 11.6 Å². The second kappa shape index (κ2) is 11.5. The molecular weight excluding hydrogens is 520 g/mol. The van der Waals surface area contributed by atoms with Crippen LogP contribution in [0.3, 0.4) is 0 Å². The van der Waals surface area contributed by atoms with E-state index in [1.165, 1.54) is 6.92 Å². The van der Waals surface area contributed by atoms with E-state index in [9.17, 15) is 14.7 Å². The number of aromatic nitrogens is 2. The lowest BCUT2D eigenvalue weighted by Gasteiger charge is -2.51. The molecule has 39 heavy (non-hydrogen) atoms. The highest BCUT2D eigenvalue weighted by atomic mass is 35.5. The summed E-state index contributed by atoms with van der Waals surface area (Å²) in [6.07, 6.45) is 0.360. The molecule has 0 unspecified atom stereocenters. The number of hydrogen-bond acceptors (Lipinski definition) is 9. The number of anilines is 1. The molecule has 1 aromatic carbocycles. The topological polar surface area (TPSA) is 134 Å². The van der Waals surface area contributed by atoms with Crippen molar-refractivity contribution in [3.05, 3.63) is 40.2 Å². The molecule has 210 valence electrons. The largest absolute Gasteiger partial charge is 0.491 e. The van der Waals surface area contributed by atoms with E-state index in [4.69, 9.17) is 32.0 Å². The van der Waals surface area contributed by atoms with E-state index < -0.39 is 11.5 Å². The van der Waals surface area contributed by atoms with Crippen LogP contribution >= 0.6 is 11.6 Å². The van der Waals surface area contributed by atoms with Gasteiger partial charge in [0.1, 0.15) is 24.3 Å². The van der Waals surface area contributed by atoms with Crippen LogP contribution in [0.15, 0.2) is 23.9 Å². The molecular formula is C28H37ClN6O4. The number of carbonyl (C=O) groups is 2. The number of likely N-dealkylation sites (tertiary alicyclic amines) is 1. The molecule has 2 aliphatic rings. The Morgan fingerprint density at radius 1 is 1.26 bits per heavy atom. The number of carbonyl (C=O) groups excluding carboxylic acids is 2. The van der Waals surface area contributed by atoms with Gasteiger partial charge in [-0.05, 0) is 59.4 Å². The van der Waals surface area contributed by atoms with Crippen LogP contribution in [-0.4, -0.2) is 84.1 Å². The molecule has 0 aliphatic carbocycles. The van der Waals surface area contributed by atoms with E-state index in [1.54, 1.807) is 32.2 Å². The van der Waals surface area contributed by atoms with Crippen molar-refractivity contribution in [2.24, 2.45) is 11.1 Å². The van der Waals surface area contributed by atoms with E-state index in [0.717, 1.165) is 19.5 Å². The highest BCUT2D eigenvalue weighted by Crippen LogP contribution is 2.40. The Balaban J connectivity index is 1.74. The molecule has 2 fully saturated rings. The second-order valence-corrected chi connectivity index (χ2v) is 11.1. The molecule has 2 aromatic rings. The summed E-state index contributed by atoms with van der Waals surface area (Å²) >= 11 is 6.60. The maximum atomic E-state index is 13.0. The Bertz CT molecular complexity index is 1300. The van der Waals surface area contributed by atoms with Gasteiger partial charge in [-0.2, -0.15) is 0 Å². The number of ether oxygens (including phenoxy) is 1. The number of aliphatic hydroxyl groups is 1. The molecule has 1 aromatic heterocycles. The molecule has 4 N–H and O–H groups in total. The zero-order valence-electron chi connectivity index (χ0n) is 23.2. The molecule has 0 saturated carbocycles. The molecule has 2 saturated heterocycles. The summed E-state index contributed by atoms with van der Waals surface area (Å²) in [6, 6.07) is 5.11. The van der Waals surface area contributed by atoms with Gasteiger partial charge in [-0.3, -0.25) is 9.59 Å². The van der Waals surface area contributed by atoms with Gasteiger partial charge >= 0.3 is 0 Å². The lowest BCUT2D eigenvalue weighted by Crippen LogP contribution is -2.64. The number of nitrogens with two attached hydrogens (primary N) is 1. The fraction of sp³-hybridized carbons (Fsp3) is 0.500. The first-order valence-electron chi connectivity index (χ1n) is 13.1. The summed E-state index contributed by atoms with van der Waals surface area (Å²) in [7, 11) is 1.75. The van der Waals surface area contributed by atoms with Crippen LogP contribution in [0, 0.1) is 12.3 Å². The first kappa shape index (κ1) is 28.8. The molecule has 0 bridgehead atoms. The van der Waals surface area contributed by atoms with Crippen LogP contribution in [0.5, 0.6) is 5.75 Å². The molecule has 3 heterocycles. The van der Waals surface area contributed by atoms with Crippen molar-refractivity contribution >= 4 is 34.7 Å². The number of ketones is 1. The summed E-state index contributed by atoms with van der Waals surface area (Å²) in [5, 5.41) is 13.3. The highest BCUT2D eigenvalue weighted by molar-refractivity contribution is 6.33. The van der Waals surface area contributed by atoms with Crippen molar-refractivity contribution in [1.82, 2.24) is 20.2 Å². The Kier molecular flexibility index (Phi) is 8.48. The Morgan fingerprint density at radius 3 is 2.51 bits per heavy atom. The van der Waals surface area contributed by atoms with Crippen LogP contribution in [0.4, 0.5) is 5.82 Å². The fourth-order valence-corrected chi connectivity index (χ4v) is 5.24. The summed E-state index contributed by atoms with van der Waals surface area (Å²) in [4.78, 5) is 39.2. The lowest BCUT2D eigenvalue weighted by molar-refractivity contribution is -0.146. The number of Topliss-reactive ketones (excluding diaryl/α,β-unsaturated/α-hetero) is 1. The van der Waals surface area contributed by atoms with E-state index in [1.807, 2.05) is 23.6 Å². The zero-order chi connectivity index (χ0) is 28.5. The van der Waals surface area contributed by atoms with Gasteiger partial charge in [0, 0.05) is 49.5 Å². The van der Waals surface area contributed by atoms with Crippen molar-refractivity contribution < 1.29 is 19.4 Å². The zero-order valence-corrected chi connectivity index (χ0v) is 23.9. The third-order valence-corrected chi connectivity index (χ3v) is 7.53. The van der Waals surface area contributed by atoms with Gasteiger partial charge in [-0.1, -0.05) is 11.6 Å². The minimum absolute atomic E-state index is 0.0914. The number of rotatable bonds is 10. The average molecular weight is 557 g/mol. The van der Waals surface area contributed by atoms with Crippen LogP contribution < -0.4 is 20.7 Å².